The topological polar surface area (TPSA) is 83.8 Å². The summed E-state index contributed by atoms with van der Waals surface area (Å²) in [6, 6.07) is 6.42. The van der Waals surface area contributed by atoms with Crippen molar-refractivity contribution in [3.8, 4) is 11.5 Å². The average Bonchev–Trinajstić information content (AvgIpc) is 2.89. The molecular weight excluding hydrogens is 390 g/mol. The number of hydrogen-bond acceptors (Lipinski definition) is 5. The predicted octanol–water partition coefficient (Wildman–Crippen LogP) is 2.91. The Morgan fingerprint density at radius 1 is 1.29 bits per heavy atom. The molecule has 1 aromatic carbocycles. The first kappa shape index (κ1) is 13.7. The molecule has 3 aromatic rings. The van der Waals surface area contributed by atoms with Gasteiger partial charge in [0, 0.05) is 9.77 Å². The third kappa shape index (κ3) is 2.94. The number of aromatic nitrogens is 3. The fraction of sp³-hybridized carbons (Fsp3) is 0. The van der Waals surface area contributed by atoms with Gasteiger partial charge in [-0.25, -0.2) is 14.3 Å². The molecule has 0 spiro atoms. The summed E-state index contributed by atoms with van der Waals surface area (Å²) in [5, 5.41) is 8.86. The van der Waals surface area contributed by atoms with E-state index in [1.807, 2.05) is 22.6 Å². The van der Waals surface area contributed by atoms with Crippen LogP contribution >= 0.6 is 22.6 Å². The van der Waals surface area contributed by atoms with Crippen molar-refractivity contribution in [3.05, 3.63) is 56.6 Å². The average molecular weight is 398 g/mol. The second-order valence-electron chi connectivity index (χ2n) is 4.09. The van der Waals surface area contributed by atoms with Crippen molar-refractivity contribution >= 4 is 34.0 Å². The molecule has 2 aromatic heterocycles. The summed E-state index contributed by atoms with van der Waals surface area (Å²) < 4.78 is 19.6. The Bertz CT molecular complexity index is 846. The summed E-state index contributed by atoms with van der Waals surface area (Å²) in [6.45, 7) is 0. The lowest BCUT2D eigenvalue weighted by atomic mass is 10.2. The van der Waals surface area contributed by atoms with E-state index in [1.165, 1.54) is 18.5 Å². The van der Waals surface area contributed by atoms with Crippen LogP contribution < -0.4 is 11.1 Å². The summed E-state index contributed by atoms with van der Waals surface area (Å²) in [5.41, 5.74) is 1.27. The molecule has 3 rings (SSSR count). The van der Waals surface area contributed by atoms with Gasteiger partial charge in [0.2, 0.25) is 0 Å². The van der Waals surface area contributed by atoms with Crippen LogP contribution in [0.2, 0.25) is 0 Å². The zero-order chi connectivity index (χ0) is 14.8. The van der Waals surface area contributed by atoms with Crippen LogP contribution in [0.3, 0.4) is 0 Å². The SMILES string of the molecule is O=c1[nH]nc(-c2ccncc2Nc2ccc(I)cc2F)o1. The molecule has 0 aliphatic rings. The highest BCUT2D eigenvalue weighted by Gasteiger charge is 2.12. The van der Waals surface area contributed by atoms with Gasteiger partial charge < -0.3 is 9.73 Å². The van der Waals surface area contributed by atoms with Gasteiger partial charge in [0.15, 0.2) is 0 Å². The molecule has 0 saturated heterocycles. The van der Waals surface area contributed by atoms with Crippen LogP contribution in [0.5, 0.6) is 0 Å². The molecule has 2 heterocycles. The predicted molar refractivity (Wildman–Crippen MR) is 82.8 cm³/mol. The molecule has 0 aliphatic heterocycles. The van der Waals surface area contributed by atoms with Gasteiger partial charge in [-0.3, -0.25) is 4.98 Å². The third-order valence-corrected chi connectivity index (χ3v) is 3.36. The van der Waals surface area contributed by atoms with Crippen molar-refractivity contribution in [1.29, 1.82) is 0 Å². The number of nitrogens with one attached hydrogen (secondary N) is 2. The van der Waals surface area contributed by atoms with E-state index in [1.54, 1.807) is 18.2 Å². The van der Waals surface area contributed by atoms with E-state index in [0.717, 1.165) is 3.57 Å². The summed E-state index contributed by atoms with van der Waals surface area (Å²) in [5.74, 6) is -0.941. The van der Waals surface area contributed by atoms with Gasteiger partial charge in [-0.05, 0) is 46.9 Å². The summed E-state index contributed by atoms with van der Waals surface area (Å²) >= 11 is 2.03. The number of anilines is 2. The Hall–Kier alpha value is -2.23. The number of nitrogens with zero attached hydrogens (tertiary/aromatic N) is 2. The molecule has 0 atom stereocenters. The largest absolute Gasteiger partial charge is 0.434 e. The molecule has 0 unspecified atom stereocenters. The Morgan fingerprint density at radius 3 is 2.86 bits per heavy atom. The zero-order valence-corrected chi connectivity index (χ0v) is 12.6. The summed E-state index contributed by atoms with van der Waals surface area (Å²) in [7, 11) is 0. The molecular formula is C13H8FIN4O2. The molecule has 6 nitrogen and oxygen atoms in total. The van der Waals surface area contributed by atoms with Crippen molar-refractivity contribution < 1.29 is 8.81 Å². The first-order valence-electron chi connectivity index (χ1n) is 5.85. The molecule has 106 valence electrons. The number of H-pyrrole nitrogens is 1. The highest BCUT2D eigenvalue weighted by molar-refractivity contribution is 14.1. The number of hydrogen-bond donors (Lipinski definition) is 2. The van der Waals surface area contributed by atoms with Crippen LogP contribution in [0.25, 0.3) is 11.5 Å². The van der Waals surface area contributed by atoms with Gasteiger partial charge >= 0.3 is 5.76 Å². The number of rotatable bonds is 3. The van der Waals surface area contributed by atoms with E-state index in [4.69, 9.17) is 4.42 Å². The van der Waals surface area contributed by atoms with Crippen LogP contribution in [0.4, 0.5) is 15.8 Å². The zero-order valence-electron chi connectivity index (χ0n) is 10.4. The van der Waals surface area contributed by atoms with Gasteiger partial charge in [0.05, 0.1) is 23.1 Å². The molecule has 0 bridgehead atoms. The van der Waals surface area contributed by atoms with Crippen LogP contribution in [0, 0.1) is 9.39 Å². The van der Waals surface area contributed by atoms with Crippen molar-refractivity contribution in [2.45, 2.75) is 0 Å². The van der Waals surface area contributed by atoms with Crippen LogP contribution in [0.1, 0.15) is 0 Å². The van der Waals surface area contributed by atoms with Gasteiger partial charge in [-0.2, -0.15) is 0 Å². The minimum Gasteiger partial charge on any atom is -0.388 e. The fourth-order valence-electron chi connectivity index (χ4n) is 1.76. The van der Waals surface area contributed by atoms with E-state index >= 15 is 0 Å². The minimum absolute atomic E-state index is 0.107. The highest BCUT2D eigenvalue weighted by atomic mass is 127. The van der Waals surface area contributed by atoms with Crippen molar-refractivity contribution in [1.82, 2.24) is 15.2 Å². The minimum atomic E-state index is -0.659. The third-order valence-electron chi connectivity index (χ3n) is 2.69. The Balaban J connectivity index is 2.01. The number of halogens is 2. The lowest BCUT2D eigenvalue weighted by Gasteiger charge is -2.10. The Morgan fingerprint density at radius 2 is 2.14 bits per heavy atom. The normalized spacial score (nSPS) is 10.6. The second kappa shape index (κ2) is 5.64. The van der Waals surface area contributed by atoms with E-state index in [2.05, 4.69) is 20.5 Å². The first-order chi connectivity index (χ1) is 10.1. The number of pyridine rings is 1. The number of aromatic amines is 1. The smallest absolute Gasteiger partial charge is 0.388 e. The summed E-state index contributed by atoms with van der Waals surface area (Å²) in [4.78, 5) is 15.0. The molecule has 0 amide bonds. The Labute approximate surface area is 131 Å². The Kier molecular flexibility index (Phi) is 3.69. The van der Waals surface area contributed by atoms with Gasteiger partial charge in [-0.15, -0.1) is 5.10 Å². The van der Waals surface area contributed by atoms with Crippen LogP contribution in [-0.4, -0.2) is 15.2 Å². The molecule has 0 aliphatic carbocycles. The maximum atomic E-state index is 13.9. The molecule has 0 fully saturated rings. The van der Waals surface area contributed by atoms with Gasteiger partial charge in [-0.1, -0.05) is 0 Å². The maximum Gasteiger partial charge on any atom is 0.434 e. The first-order valence-corrected chi connectivity index (χ1v) is 6.93. The van der Waals surface area contributed by atoms with E-state index < -0.39 is 5.76 Å². The second-order valence-corrected chi connectivity index (χ2v) is 5.33. The van der Waals surface area contributed by atoms with Crippen molar-refractivity contribution in [3.63, 3.8) is 0 Å². The van der Waals surface area contributed by atoms with E-state index in [0.29, 0.717) is 16.9 Å². The van der Waals surface area contributed by atoms with Crippen molar-refractivity contribution in [2.75, 3.05) is 5.32 Å². The van der Waals surface area contributed by atoms with Gasteiger partial charge in [0.1, 0.15) is 5.82 Å². The molecule has 0 radical (unpaired) electrons. The quantitative estimate of drug-likeness (QED) is 0.663. The lowest BCUT2D eigenvalue weighted by molar-refractivity contribution is 0.527. The van der Waals surface area contributed by atoms with Crippen LogP contribution in [0.15, 0.2) is 45.9 Å². The van der Waals surface area contributed by atoms with E-state index in [9.17, 15) is 9.18 Å². The van der Waals surface area contributed by atoms with E-state index in [-0.39, 0.29) is 11.7 Å². The fourth-order valence-corrected chi connectivity index (χ4v) is 2.21. The molecule has 0 saturated carbocycles. The molecule has 21 heavy (non-hydrogen) atoms. The molecule has 2 N–H and O–H groups in total. The highest BCUT2D eigenvalue weighted by Crippen LogP contribution is 2.28. The van der Waals surface area contributed by atoms with Crippen LogP contribution in [-0.2, 0) is 0 Å². The molecule has 8 heteroatoms. The maximum absolute atomic E-state index is 13.9. The lowest BCUT2D eigenvalue weighted by Crippen LogP contribution is -1.97. The summed E-state index contributed by atoms with van der Waals surface area (Å²) in [6.07, 6.45) is 3.03. The van der Waals surface area contributed by atoms with Gasteiger partial charge in [0.25, 0.3) is 5.89 Å². The number of benzene rings is 1. The van der Waals surface area contributed by atoms with Crippen molar-refractivity contribution in [2.24, 2.45) is 0 Å². The monoisotopic (exact) mass is 398 g/mol. The standard InChI is InChI=1S/C13H8FIN4O2/c14-9-5-7(15)1-2-10(9)17-11-6-16-4-3-8(11)12-18-19-13(20)21-12/h1-6,17H,(H,19,20).